The molecule has 1 amide bonds. The van der Waals surface area contributed by atoms with Crippen LogP contribution in [0.1, 0.15) is 12.5 Å². The molecule has 1 N–H and O–H groups in total. The minimum Gasteiger partial charge on any atom is -0.360 e. The van der Waals surface area contributed by atoms with E-state index in [-0.39, 0.29) is 18.7 Å². The summed E-state index contributed by atoms with van der Waals surface area (Å²) in [7, 11) is 0. The van der Waals surface area contributed by atoms with E-state index in [4.69, 9.17) is 4.74 Å². The molecule has 0 radical (unpaired) electrons. The van der Waals surface area contributed by atoms with Gasteiger partial charge in [0.1, 0.15) is 0 Å². The molecule has 1 aromatic carbocycles. The smallest absolute Gasteiger partial charge is 0.279 e. The summed E-state index contributed by atoms with van der Waals surface area (Å²) < 4.78 is 44.2. The number of rotatable bonds is 2. The van der Waals surface area contributed by atoms with E-state index in [1.807, 2.05) is 0 Å². The number of aliphatic hydroxyl groups is 1. The Labute approximate surface area is 107 Å². The number of nitrogens with zero attached hydrogens (tertiary/aromatic N) is 1. The SMILES string of the molecule is CC1CN(Cc2ccc(F)c(F)c2F)C(=O)[C@H](O)O1. The van der Waals surface area contributed by atoms with Gasteiger partial charge in [0.25, 0.3) is 5.91 Å². The van der Waals surface area contributed by atoms with Crippen molar-refractivity contribution in [1.82, 2.24) is 4.90 Å². The summed E-state index contributed by atoms with van der Waals surface area (Å²) in [5.41, 5.74) is -0.159. The molecule has 1 aliphatic rings. The molecule has 1 fully saturated rings. The Kier molecular flexibility index (Phi) is 3.77. The van der Waals surface area contributed by atoms with Crippen molar-refractivity contribution < 1.29 is 27.8 Å². The standard InChI is InChI=1S/C12H12F3NO3/c1-6-4-16(11(17)12(18)19-6)5-7-2-3-8(13)10(15)9(7)14/h2-3,6,12,18H,4-5H2,1H3/t6?,12-/m1/s1. The van der Waals surface area contributed by atoms with Crippen molar-refractivity contribution in [2.45, 2.75) is 25.9 Å². The first-order valence-electron chi connectivity index (χ1n) is 5.65. The van der Waals surface area contributed by atoms with Crippen LogP contribution >= 0.6 is 0 Å². The first-order chi connectivity index (χ1) is 8.90. The van der Waals surface area contributed by atoms with Crippen LogP contribution < -0.4 is 0 Å². The molecule has 0 bridgehead atoms. The summed E-state index contributed by atoms with van der Waals surface area (Å²) in [6, 6.07) is 1.85. The van der Waals surface area contributed by atoms with Crippen molar-refractivity contribution in [3.63, 3.8) is 0 Å². The van der Waals surface area contributed by atoms with Gasteiger partial charge in [-0.3, -0.25) is 4.79 Å². The molecule has 1 saturated heterocycles. The number of morpholine rings is 1. The molecule has 1 unspecified atom stereocenters. The second-order valence-electron chi connectivity index (χ2n) is 4.35. The summed E-state index contributed by atoms with van der Waals surface area (Å²) in [5, 5.41) is 9.32. The molecule has 4 nitrogen and oxygen atoms in total. The average molecular weight is 275 g/mol. The number of hydrogen-bond acceptors (Lipinski definition) is 3. The first kappa shape index (κ1) is 13.8. The molecular weight excluding hydrogens is 263 g/mol. The Bertz CT molecular complexity index is 509. The van der Waals surface area contributed by atoms with Gasteiger partial charge in [0.05, 0.1) is 6.10 Å². The summed E-state index contributed by atoms with van der Waals surface area (Å²) in [4.78, 5) is 12.7. The Hall–Kier alpha value is -1.60. The van der Waals surface area contributed by atoms with Gasteiger partial charge in [-0.1, -0.05) is 6.07 Å². The summed E-state index contributed by atoms with van der Waals surface area (Å²) in [6.45, 7) is 1.51. The van der Waals surface area contributed by atoms with Crippen LogP contribution in [-0.4, -0.2) is 34.9 Å². The predicted octanol–water partition coefficient (Wildman–Crippen LogP) is 1.17. The molecule has 19 heavy (non-hydrogen) atoms. The molecule has 0 spiro atoms. The Balaban J connectivity index is 2.21. The second kappa shape index (κ2) is 5.18. The van der Waals surface area contributed by atoms with Crippen LogP contribution in [0, 0.1) is 17.5 Å². The second-order valence-corrected chi connectivity index (χ2v) is 4.35. The number of ether oxygens (including phenoxy) is 1. The Morgan fingerprint density at radius 3 is 2.74 bits per heavy atom. The van der Waals surface area contributed by atoms with Gasteiger partial charge in [-0.05, 0) is 13.0 Å². The van der Waals surface area contributed by atoms with Crippen molar-refractivity contribution in [3.8, 4) is 0 Å². The van der Waals surface area contributed by atoms with Gasteiger partial charge in [-0.25, -0.2) is 13.2 Å². The lowest BCUT2D eigenvalue weighted by Gasteiger charge is -2.33. The van der Waals surface area contributed by atoms with E-state index >= 15 is 0 Å². The highest BCUT2D eigenvalue weighted by Crippen LogP contribution is 2.19. The highest BCUT2D eigenvalue weighted by Gasteiger charge is 2.32. The van der Waals surface area contributed by atoms with Crippen LogP contribution in [0.2, 0.25) is 0 Å². The molecule has 2 atom stereocenters. The molecule has 1 aromatic rings. The zero-order chi connectivity index (χ0) is 14.2. The first-order valence-corrected chi connectivity index (χ1v) is 5.65. The fourth-order valence-corrected chi connectivity index (χ4v) is 1.91. The maximum absolute atomic E-state index is 13.5. The maximum Gasteiger partial charge on any atom is 0.279 e. The van der Waals surface area contributed by atoms with E-state index in [0.717, 1.165) is 17.0 Å². The topological polar surface area (TPSA) is 49.8 Å². The fraction of sp³-hybridized carbons (Fsp3) is 0.417. The molecule has 0 aliphatic carbocycles. The van der Waals surface area contributed by atoms with Crippen LogP contribution in [0.4, 0.5) is 13.2 Å². The zero-order valence-electron chi connectivity index (χ0n) is 10.1. The van der Waals surface area contributed by atoms with Crippen LogP contribution in [-0.2, 0) is 16.1 Å². The lowest BCUT2D eigenvalue weighted by atomic mass is 10.1. The van der Waals surface area contributed by atoms with E-state index in [9.17, 15) is 23.1 Å². The maximum atomic E-state index is 13.5. The third-order valence-corrected chi connectivity index (χ3v) is 2.84. The fourth-order valence-electron chi connectivity index (χ4n) is 1.91. The molecule has 2 rings (SSSR count). The summed E-state index contributed by atoms with van der Waals surface area (Å²) in [5.74, 6) is -4.93. The van der Waals surface area contributed by atoms with Gasteiger partial charge >= 0.3 is 0 Å². The lowest BCUT2D eigenvalue weighted by molar-refractivity contribution is -0.198. The molecular formula is C12H12F3NO3. The Morgan fingerprint density at radius 1 is 1.37 bits per heavy atom. The molecule has 1 aliphatic heterocycles. The van der Waals surface area contributed by atoms with E-state index in [2.05, 4.69) is 0 Å². The van der Waals surface area contributed by atoms with Gasteiger partial charge < -0.3 is 14.7 Å². The third-order valence-electron chi connectivity index (χ3n) is 2.84. The molecule has 1 heterocycles. The van der Waals surface area contributed by atoms with Crippen LogP contribution in [0.5, 0.6) is 0 Å². The minimum absolute atomic E-state index is 0.133. The normalized spacial score (nSPS) is 23.8. The van der Waals surface area contributed by atoms with Crippen LogP contribution in [0.25, 0.3) is 0 Å². The molecule has 0 aromatic heterocycles. The van der Waals surface area contributed by atoms with E-state index in [0.29, 0.717) is 0 Å². The number of halogens is 3. The predicted molar refractivity (Wildman–Crippen MR) is 58.3 cm³/mol. The van der Waals surface area contributed by atoms with Crippen LogP contribution in [0.3, 0.4) is 0 Å². The quantitative estimate of drug-likeness (QED) is 0.824. The number of benzene rings is 1. The third kappa shape index (κ3) is 2.71. The van der Waals surface area contributed by atoms with Gasteiger partial charge in [-0.2, -0.15) is 0 Å². The van der Waals surface area contributed by atoms with Gasteiger partial charge in [-0.15, -0.1) is 0 Å². The van der Waals surface area contributed by atoms with Crippen molar-refractivity contribution in [1.29, 1.82) is 0 Å². The zero-order valence-corrected chi connectivity index (χ0v) is 10.1. The summed E-state index contributed by atoms with van der Waals surface area (Å²) in [6.07, 6.45) is -2.04. The molecule has 104 valence electrons. The highest BCUT2D eigenvalue weighted by molar-refractivity contribution is 5.80. The lowest BCUT2D eigenvalue weighted by Crippen LogP contribution is -2.50. The average Bonchev–Trinajstić information content (AvgIpc) is 2.36. The number of carbonyl (C=O) groups is 1. The minimum atomic E-state index is -1.61. The van der Waals surface area contributed by atoms with Gasteiger partial charge in [0.2, 0.25) is 6.29 Å². The van der Waals surface area contributed by atoms with E-state index in [1.54, 1.807) is 6.92 Å². The van der Waals surface area contributed by atoms with Crippen LogP contribution in [0.15, 0.2) is 12.1 Å². The molecule has 7 heteroatoms. The van der Waals surface area contributed by atoms with E-state index in [1.165, 1.54) is 0 Å². The summed E-state index contributed by atoms with van der Waals surface area (Å²) >= 11 is 0. The number of carbonyl (C=O) groups excluding carboxylic acids is 1. The number of amides is 1. The van der Waals surface area contributed by atoms with Crippen molar-refractivity contribution in [3.05, 3.63) is 35.1 Å². The van der Waals surface area contributed by atoms with Crippen molar-refractivity contribution in [2.24, 2.45) is 0 Å². The molecule has 0 saturated carbocycles. The van der Waals surface area contributed by atoms with Gasteiger partial charge in [0, 0.05) is 18.7 Å². The number of hydrogen-bond donors (Lipinski definition) is 1. The van der Waals surface area contributed by atoms with Crippen molar-refractivity contribution >= 4 is 5.91 Å². The largest absolute Gasteiger partial charge is 0.360 e. The van der Waals surface area contributed by atoms with E-state index < -0.39 is 35.8 Å². The highest BCUT2D eigenvalue weighted by atomic mass is 19.2. The monoisotopic (exact) mass is 275 g/mol. The van der Waals surface area contributed by atoms with Crippen molar-refractivity contribution in [2.75, 3.05) is 6.54 Å². The Morgan fingerprint density at radius 2 is 2.05 bits per heavy atom. The number of aliphatic hydroxyl groups excluding tert-OH is 1. The van der Waals surface area contributed by atoms with Gasteiger partial charge in [0.15, 0.2) is 17.5 Å².